The molecule has 0 unspecified atom stereocenters. The van der Waals surface area contributed by atoms with E-state index in [-0.39, 0.29) is 23.3 Å². The maximum Gasteiger partial charge on any atom is 0.330 e. The van der Waals surface area contributed by atoms with Crippen molar-refractivity contribution in [2.45, 2.75) is 115 Å². The Hall–Kier alpha value is -2.98. The molecule has 1 fully saturated rings. The van der Waals surface area contributed by atoms with Crippen LogP contribution in [0.5, 0.6) is 17.2 Å². The van der Waals surface area contributed by atoms with Crippen molar-refractivity contribution in [3.8, 4) is 17.2 Å². The van der Waals surface area contributed by atoms with Gasteiger partial charge in [-0.3, -0.25) is 0 Å². The van der Waals surface area contributed by atoms with Gasteiger partial charge in [0.25, 0.3) is 16.6 Å². The van der Waals surface area contributed by atoms with E-state index in [9.17, 15) is 20.1 Å². The first-order valence-corrected chi connectivity index (χ1v) is 23.0. The number of aliphatic hydroxyl groups excluding tert-OH is 3. The summed E-state index contributed by atoms with van der Waals surface area (Å²) >= 11 is 0. The Kier molecular flexibility index (Phi) is 14.1. The normalized spacial score (nSPS) is 21.9. The lowest BCUT2D eigenvalue weighted by Gasteiger charge is -2.39. The highest BCUT2D eigenvalue weighted by Gasteiger charge is 2.45. The van der Waals surface area contributed by atoms with Gasteiger partial charge in [0.05, 0.1) is 6.61 Å². The second kappa shape index (κ2) is 17.0. The molecule has 0 aliphatic carbocycles. The van der Waals surface area contributed by atoms with Gasteiger partial charge in [0, 0.05) is 6.08 Å². The van der Waals surface area contributed by atoms with Gasteiger partial charge in [0.15, 0.2) is 6.29 Å². The van der Waals surface area contributed by atoms with E-state index in [1.807, 2.05) is 42.5 Å². The van der Waals surface area contributed by atoms with Gasteiger partial charge in [-0.1, -0.05) is 72.4 Å². The van der Waals surface area contributed by atoms with Crippen molar-refractivity contribution in [3.05, 3.63) is 72.3 Å². The van der Waals surface area contributed by atoms with Crippen molar-refractivity contribution in [2.24, 2.45) is 0 Å². The van der Waals surface area contributed by atoms with E-state index >= 15 is 0 Å². The summed E-state index contributed by atoms with van der Waals surface area (Å²) in [6, 6.07) is 13.1. The third-order valence-electron chi connectivity index (χ3n) is 9.74. The SMILES string of the molecule is C=CCOc1ccc(CCO[C@@H]2O[C@H](COC(=O)/C=C/c3ccc(O[Si](C)(C)C(C)(C)C)c(O[Si](C)(C)C(C)(C)C)c3)[C@@H](O)[C@H](O)[C@H]2O)cc1. The second-order valence-electron chi connectivity index (χ2n) is 15.8. The number of esters is 1. The first-order chi connectivity index (χ1) is 23.1. The third kappa shape index (κ3) is 11.3. The largest absolute Gasteiger partial charge is 0.541 e. The van der Waals surface area contributed by atoms with Crippen LogP contribution in [0.15, 0.2) is 61.2 Å². The zero-order valence-electron chi connectivity index (χ0n) is 31.4. The van der Waals surface area contributed by atoms with Crippen LogP contribution in [0.4, 0.5) is 0 Å². The minimum atomic E-state index is -2.23. The number of rotatable bonds is 15. The Morgan fingerprint density at radius 3 is 2.04 bits per heavy atom. The lowest BCUT2D eigenvalue weighted by molar-refractivity contribution is -0.301. The molecule has 0 radical (unpaired) electrons. The Bertz CT molecular complexity index is 1440. The fourth-order valence-electron chi connectivity index (χ4n) is 4.42. The summed E-state index contributed by atoms with van der Waals surface area (Å²) in [4.78, 5) is 12.8. The van der Waals surface area contributed by atoms with Crippen molar-refractivity contribution >= 4 is 28.7 Å². The van der Waals surface area contributed by atoms with E-state index in [2.05, 4.69) is 74.3 Å². The molecule has 12 heteroatoms. The van der Waals surface area contributed by atoms with Crippen LogP contribution in [0, 0.1) is 0 Å². The summed E-state index contributed by atoms with van der Waals surface area (Å²) in [5.74, 6) is 1.38. The number of ether oxygens (including phenoxy) is 4. The molecule has 1 heterocycles. The van der Waals surface area contributed by atoms with Gasteiger partial charge in [-0.05, 0) is 84.2 Å². The van der Waals surface area contributed by atoms with Gasteiger partial charge < -0.3 is 43.1 Å². The molecule has 1 aliphatic rings. The fourth-order valence-corrected chi connectivity index (χ4v) is 6.46. The smallest absolute Gasteiger partial charge is 0.330 e. The van der Waals surface area contributed by atoms with Crippen LogP contribution in [0.25, 0.3) is 6.08 Å². The molecule has 3 N–H and O–H groups in total. The predicted molar refractivity (Wildman–Crippen MR) is 201 cm³/mol. The van der Waals surface area contributed by atoms with E-state index in [1.165, 1.54) is 6.08 Å². The summed E-state index contributed by atoms with van der Waals surface area (Å²) < 4.78 is 35.7. The lowest BCUT2D eigenvalue weighted by atomic mass is 9.99. The Labute approximate surface area is 300 Å². The van der Waals surface area contributed by atoms with Crippen molar-refractivity contribution in [1.29, 1.82) is 0 Å². The standard InChI is InChI=1S/C38H58O10Si2/c1-12-22-43-28-17-13-26(14-18-28)21-23-44-36-35(42)34(41)33(40)31(46-36)25-45-32(39)20-16-27-15-19-29(47-49(8,9)37(2,3)4)30(24-27)48-50(10,11)38(5,6)7/h12-20,24,31,33-36,40-42H,1,21-23,25H2,2-11H3/b20-16+/t31-,33-,34+,35-,36-/m1/s1. The Balaban J connectivity index is 1.64. The van der Waals surface area contributed by atoms with Gasteiger partial charge in [0.1, 0.15) is 54.9 Å². The summed E-state index contributed by atoms with van der Waals surface area (Å²) in [5.41, 5.74) is 1.69. The Morgan fingerprint density at radius 1 is 0.860 bits per heavy atom. The van der Waals surface area contributed by atoms with E-state index in [0.717, 1.165) is 16.9 Å². The molecule has 2 aromatic rings. The van der Waals surface area contributed by atoms with Crippen molar-refractivity contribution in [3.63, 3.8) is 0 Å². The van der Waals surface area contributed by atoms with E-state index in [4.69, 9.17) is 27.8 Å². The molecule has 0 aromatic heterocycles. The molecule has 1 aliphatic heterocycles. The molecule has 50 heavy (non-hydrogen) atoms. The van der Waals surface area contributed by atoms with E-state index < -0.39 is 53.3 Å². The first kappa shape index (κ1) is 41.4. The number of hydrogen-bond acceptors (Lipinski definition) is 10. The summed E-state index contributed by atoms with van der Waals surface area (Å²) in [7, 11) is -4.39. The number of benzene rings is 2. The summed E-state index contributed by atoms with van der Waals surface area (Å²) in [5, 5.41) is 31.4. The summed E-state index contributed by atoms with van der Waals surface area (Å²) in [6.45, 7) is 25.7. The zero-order valence-corrected chi connectivity index (χ0v) is 33.4. The van der Waals surface area contributed by atoms with Gasteiger partial charge in [-0.25, -0.2) is 4.79 Å². The number of carbonyl (C=O) groups excluding carboxylic acids is 1. The average molecular weight is 731 g/mol. The molecule has 278 valence electrons. The van der Waals surface area contributed by atoms with Gasteiger partial charge in [0.2, 0.25) is 0 Å². The molecule has 10 nitrogen and oxygen atoms in total. The predicted octanol–water partition coefficient (Wildman–Crippen LogP) is 6.64. The maximum absolute atomic E-state index is 12.8. The maximum atomic E-state index is 12.8. The number of aliphatic hydroxyl groups is 3. The minimum Gasteiger partial charge on any atom is -0.541 e. The molecule has 0 bridgehead atoms. The molecule has 0 spiro atoms. The van der Waals surface area contributed by atoms with Crippen LogP contribution < -0.4 is 13.6 Å². The van der Waals surface area contributed by atoms with Crippen molar-refractivity contribution < 1.29 is 47.9 Å². The Morgan fingerprint density at radius 2 is 1.46 bits per heavy atom. The molecule has 3 rings (SSSR count). The van der Waals surface area contributed by atoms with Crippen LogP contribution in [0.3, 0.4) is 0 Å². The fraction of sp³-hybridized carbons (Fsp3) is 0.553. The van der Waals surface area contributed by atoms with Crippen LogP contribution in [0.1, 0.15) is 52.7 Å². The van der Waals surface area contributed by atoms with Gasteiger partial charge in [-0.2, -0.15) is 0 Å². The first-order valence-electron chi connectivity index (χ1n) is 17.2. The van der Waals surface area contributed by atoms with Crippen LogP contribution in [0.2, 0.25) is 36.3 Å². The second-order valence-corrected chi connectivity index (χ2v) is 25.2. The molecule has 5 atom stereocenters. The van der Waals surface area contributed by atoms with Crippen molar-refractivity contribution in [1.82, 2.24) is 0 Å². The quantitative estimate of drug-likeness (QED) is 0.0793. The molecule has 0 saturated carbocycles. The molecular weight excluding hydrogens is 673 g/mol. The van der Waals surface area contributed by atoms with E-state index in [0.29, 0.717) is 24.5 Å². The minimum absolute atomic E-state index is 0.00616. The molecular formula is C38H58O10Si2. The van der Waals surface area contributed by atoms with Gasteiger partial charge in [-0.15, -0.1) is 0 Å². The van der Waals surface area contributed by atoms with Crippen LogP contribution in [-0.2, 0) is 25.4 Å². The van der Waals surface area contributed by atoms with Crippen LogP contribution >= 0.6 is 0 Å². The molecule has 2 aromatic carbocycles. The summed E-state index contributed by atoms with van der Waals surface area (Å²) in [6.07, 6.45) is -1.81. The van der Waals surface area contributed by atoms with Gasteiger partial charge >= 0.3 is 5.97 Å². The number of carbonyl (C=O) groups is 1. The molecule has 1 saturated heterocycles. The zero-order chi connectivity index (χ0) is 37.5. The number of hydrogen-bond donors (Lipinski definition) is 3. The molecule has 0 amide bonds. The monoisotopic (exact) mass is 730 g/mol. The third-order valence-corrected chi connectivity index (χ3v) is 18.4. The highest BCUT2D eigenvalue weighted by molar-refractivity contribution is 6.75. The van der Waals surface area contributed by atoms with Crippen molar-refractivity contribution in [2.75, 3.05) is 19.8 Å². The topological polar surface area (TPSA) is 133 Å². The van der Waals surface area contributed by atoms with E-state index in [1.54, 1.807) is 12.2 Å². The van der Waals surface area contributed by atoms with Crippen LogP contribution in [-0.4, -0.2) is 88.5 Å². The highest BCUT2D eigenvalue weighted by Crippen LogP contribution is 2.44. The average Bonchev–Trinajstić information content (AvgIpc) is 3.02. The lowest BCUT2D eigenvalue weighted by Crippen LogP contribution is -2.59. The highest BCUT2D eigenvalue weighted by atomic mass is 28.4.